The highest BCUT2D eigenvalue weighted by atomic mass is 32.2. The van der Waals surface area contributed by atoms with E-state index in [0.29, 0.717) is 31.9 Å². The zero-order valence-electron chi connectivity index (χ0n) is 18.1. The van der Waals surface area contributed by atoms with Gasteiger partial charge in [-0.15, -0.1) is 0 Å². The second-order valence-corrected chi connectivity index (χ2v) is 9.81. The number of likely N-dealkylation sites (N-methyl/N-ethyl adjacent to an activating group) is 1. The number of pyridine rings is 1. The van der Waals surface area contributed by atoms with Crippen molar-refractivity contribution in [1.82, 2.24) is 19.1 Å². The molecule has 1 aromatic heterocycles. The van der Waals surface area contributed by atoms with Crippen molar-refractivity contribution in [3.05, 3.63) is 59.4 Å². The summed E-state index contributed by atoms with van der Waals surface area (Å²) >= 11 is 0. The van der Waals surface area contributed by atoms with Gasteiger partial charge in [0.2, 0.25) is 21.8 Å². The van der Waals surface area contributed by atoms with Gasteiger partial charge in [0.25, 0.3) is 0 Å². The third-order valence-corrected chi connectivity index (χ3v) is 7.39. The Morgan fingerprint density at radius 2 is 1.61 bits per heavy atom. The van der Waals surface area contributed by atoms with Crippen LogP contribution in [0.4, 0.5) is 0 Å². The van der Waals surface area contributed by atoms with E-state index in [1.807, 2.05) is 26.0 Å². The summed E-state index contributed by atoms with van der Waals surface area (Å²) in [6.45, 7) is 5.13. The lowest BCUT2D eigenvalue weighted by molar-refractivity contribution is -0.139. The fourth-order valence-corrected chi connectivity index (χ4v) is 4.61. The molecule has 3 rings (SSSR count). The highest BCUT2D eigenvalue weighted by Gasteiger charge is 2.28. The van der Waals surface area contributed by atoms with E-state index in [0.717, 1.165) is 15.4 Å². The molecule has 0 radical (unpaired) electrons. The smallest absolute Gasteiger partial charge is 0.243 e. The largest absolute Gasteiger partial charge is 0.339 e. The number of sulfonamides is 1. The lowest BCUT2D eigenvalue weighted by atomic mass is 10.1. The molecular formula is C22H28N4O4S. The van der Waals surface area contributed by atoms with E-state index in [1.54, 1.807) is 40.3 Å². The summed E-state index contributed by atoms with van der Waals surface area (Å²) in [5.74, 6) is -0.299. The fraction of sp³-hybridized carbons (Fsp3) is 0.409. The standard InChI is InChI=1S/C22H28N4O4S/c1-17-7-8-20(14-18(17)2)31(29,30)24(3)16-22(28)26-12-10-25(11-13-26)21(27)15-19-6-4-5-9-23-19/h4-9,14H,10-13,15-16H2,1-3H3. The summed E-state index contributed by atoms with van der Waals surface area (Å²) in [6, 6.07) is 10.4. The van der Waals surface area contributed by atoms with Crippen molar-refractivity contribution in [3.8, 4) is 0 Å². The molecule has 1 saturated heterocycles. The topological polar surface area (TPSA) is 90.9 Å². The SMILES string of the molecule is Cc1ccc(S(=O)(=O)N(C)CC(=O)N2CCN(C(=O)Cc3ccccn3)CC2)cc1C. The van der Waals surface area contributed by atoms with E-state index in [-0.39, 0.29) is 29.7 Å². The normalized spacial score (nSPS) is 14.7. The van der Waals surface area contributed by atoms with Crippen LogP contribution in [-0.4, -0.2) is 79.1 Å². The first-order valence-corrected chi connectivity index (χ1v) is 11.6. The second kappa shape index (κ2) is 9.57. The lowest BCUT2D eigenvalue weighted by Crippen LogP contribution is -2.53. The van der Waals surface area contributed by atoms with E-state index >= 15 is 0 Å². The van der Waals surface area contributed by atoms with Crippen molar-refractivity contribution in [1.29, 1.82) is 0 Å². The van der Waals surface area contributed by atoms with Crippen LogP contribution in [0.3, 0.4) is 0 Å². The number of nitrogens with zero attached hydrogens (tertiary/aromatic N) is 4. The minimum Gasteiger partial charge on any atom is -0.339 e. The molecule has 2 aromatic rings. The van der Waals surface area contributed by atoms with Crippen molar-refractivity contribution in [2.24, 2.45) is 0 Å². The molecule has 1 aliphatic heterocycles. The van der Waals surface area contributed by atoms with Crippen molar-refractivity contribution in [2.45, 2.75) is 25.2 Å². The average molecular weight is 445 g/mol. The molecule has 31 heavy (non-hydrogen) atoms. The Kier molecular flexibility index (Phi) is 7.07. The number of amides is 2. The molecule has 166 valence electrons. The van der Waals surface area contributed by atoms with Crippen molar-refractivity contribution in [3.63, 3.8) is 0 Å². The van der Waals surface area contributed by atoms with Crippen LogP contribution in [0.25, 0.3) is 0 Å². The summed E-state index contributed by atoms with van der Waals surface area (Å²) in [4.78, 5) is 32.8. The molecule has 0 N–H and O–H groups in total. The summed E-state index contributed by atoms with van der Waals surface area (Å²) in [5, 5.41) is 0. The number of hydrogen-bond acceptors (Lipinski definition) is 5. The van der Waals surface area contributed by atoms with Gasteiger partial charge in [0.15, 0.2) is 0 Å². The molecule has 0 atom stereocenters. The first-order valence-electron chi connectivity index (χ1n) is 10.2. The highest BCUT2D eigenvalue weighted by Crippen LogP contribution is 2.18. The van der Waals surface area contributed by atoms with E-state index < -0.39 is 10.0 Å². The molecule has 0 aliphatic carbocycles. The van der Waals surface area contributed by atoms with Crippen LogP contribution in [0.5, 0.6) is 0 Å². The minimum atomic E-state index is -3.76. The summed E-state index contributed by atoms with van der Waals surface area (Å²) < 4.78 is 26.7. The Morgan fingerprint density at radius 3 is 2.19 bits per heavy atom. The third-order valence-electron chi connectivity index (χ3n) is 5.59. The Balaban J connectivity index is 1.54. The molecule has 2 amide bonds. The molecule has 1 fully saturated rings. The number of aryl methyl sites for hydroxylation is 2. The first-order chi connectivity index (χ1) is 14.7. The van der Waals surface area contributed by atoms with Gasteiger partial charge in [-0.05, 0) is 49.2 Å². The second-order valence-electron chi connectivity index (χ2n) is 7.77. The number of carbonyl (C=O) groups excluding carboxylic acids is 2. The van der Waals surface area contributed by atoms with E-state index in [2.05, 4.69) is 4.98 Å². The number of hydrogen-bond donors (Lipinski definition) is 0. The third kappa shape index (κ3) is 5.48. The first kappa shape index (κ1) is 22.9. The molecule has 1 aliphatic rings. The van der Waals surface area contributed by atoms with Gasteiger partial charge in [0, 0.05) is 45.1 Å². The maximum absolute atomic E-state index is 12.8. The molecule has 8 nitrogen and oxygen atoms in total. The van der Waals surface area contributed by atoms with E-state index in [1.165, 1.54) is 7.05 Å². The van der Waals surface area contributed by atoms with Crippen molar-refractivity contribution in [2.75, 3.05) is 39.8 Å². The molecule has 1 aromatic carbocycles. The lowest BCUT2D eigenvalue weighted by Gasteiger charge is -2.35. The van der Waals surface area contributed by atoms with Crippen LogP contribution in [0, 0.1) is 13.8 Å². The van der Waals surface area contributed by atoms with Crippen LogP contribution in [-0.2, 0) is 26.0 Å². The Labute approximate surface area is 183 Å². The Bertz CT molecular complexity index is 1050. The van der Waals surface area contributed by atoms with Crippen LogP contribution in [0.15, 0.2) is 47.5 Å². The van der Waals surface area contributed by atoms with E-state index in [4.69, 9.17) is 0 Å². The molecule has 0 spiro atoms. The number of rotatable bonds is 6. The van der Waals surface area contributed by atoms with Crippen LogP contribution in [0.1, 0.15) is 16.8 Å². The van der Waals surface area contributed by atoms with Crippen molar-refractivity contribution >= 4 is 21.8 Å². The van der Waals surface area contributed by atoms with Crippen LogP contribution in [0.2, 0.25) is 0 Å². The van der Waals surface area contributed by atoms with Crippen molar-refractivity contribution < 1.29 is 18.0 Å². The van der Waals surface area contributed by atoms with Gasteiger partial charge in [-0.2, -0.15) is 4.31 Å². The van der Waals surface area contributed by atoms with Crippen LogP contribution < -0.4 is 0 Å². The molecule has 0 saturated carbocycles. The van der Waals surface area contributed by atoms with Gasteiger partial charge in [0.05, 0.1) is 17.9 Å². The average Bonchev–Trinajstić information content (AvgIpc) is 2.76. The van der Waals surface area contributed by atoms with Gasteiger partial charge in [-0.25, -0.2) is 8.42 Å². The van der Waals surface area contributed by atoms with Gasteiger partial charge >= 0.3 is 0 Å². The molecule has 2 heterocycles. The molecule has 0 unspecified atom stereocenters. The zero-order chi connectivity index (χ0) is 22.6. The fourth-order valence-electron chi connectivity index (χ4n) is 3.40. The zero-order valence-corrected chi connectivity index (χ0v) is 18.9. The van der Waals surface area contributed by atoms with Gasteiger partial charge in [-0.3, -0.25) is 14.6 Å². The molecule has 0 bridgehead atoms. The molecular weight excluding hydrogens is 416 g/mol. The number of carbonyl (C=O) groups is 2. The van der Waals surface area contributed by atoms with Gasteiger partial charge < -0.3 is 9.80 Å². The monoisotopic (exact) mass is 444 g/mol. The quantitative estimate of drug-likeness (QED) is 0.669. The number of benzene rings is 1. The predicted octanol–water partition coefficient (Wildman–Crippen LogP) is 1.23. The maximum Gasteiger partial charge on any atom is 0.243 e. The highest BCUT2D eigenvalue weighted by molar-refractivity contribution is 7.89. The van der Waals surface area contributed by atoms with E-state index in [9.17, 15) is 18.0 Å². The molecule has 9 heteroatoms. The summed E-state index contributed by atoms with van der Waals surface area (Å²) in [5.41, 5.74) is 2.60. The number of aromatic nitrogens is 1. The predicted molar refractivity (Wildman–Crippen MR) is 117 cm³/mol. The Hall–Kier alpha value is -2.78. The van der Waals surface area contributed by atoms with Crippen LogP contribution >= 0.6 is 0 Å². The number of piperazine rings is 1. The Morgan fingerprint density at radius 1 is 0.968 bits per heavy atom. The maximum atomic E-state index is 12.8. The minimum absolute atomic E-state index is 0.0276. The van der Waals surface area contributed by atoms with Gasteiger partial charge in [0.1, 0.15) is 0 Å². The van der Waals surface area contributed by atoms with Gasteiger partial charge in [-0.1, -0.05) is 12.1 Å². The summed E-state index contributed by atoms with van der Waals surface area (Å²) in [6.07, 6.45) is 1.88. The summed E-state index contributed by atoms with van der Waals surface area (Å²) in [7, 11) is -2.34.